The van der Waals surface area contributed by atoms with E-state index in [2.05, 4.69) is 21.5 Å². The Bertz CT molecular complexity index is 536. The Balaban J connectivity index is 2.06. The van der Waals surface area contributed by atoms with Crippen LogP contribution in [0.4, 0.5) is 5.95 Å². The van der Waals surface area contributed by atoms with Gasteiger partial charge in [-0.15, -0.1) is 0 Å². The van der Waals surface area contributed by atoms with Crippen LogP contribution in [-0.2, 0) is 4.74 Å². The van der Waals surface area contributed by atoms with Crippen LogP contribution in [0, 0.1) is 0 Å². The molecule has 2 aromatic heterocycles. The number of hydrogen-bond donors (Lipinski definition) is 1. The summed E-state index contributed by atoms with van der Waals surface area (Å²) >= 11 is 0. The normalized spacial score (nSPS) is 25.2. The van der Waals surface area contributed by atoms with E-state index in [1.807, 2.05) is 6.07 Å². The maximum absolute atomic E-state index is 6.01. The molecule has 0 aliphatic carbocycles. The van der Waals surface area contributed by atoms with E-state index in [9.17, 15) is 0 Å². The van der Waals surface area contributed by atoms with E-state index in [0.29, 0.717) is 12.0 Å². The average Bonchev–Trinajstić information content (AvgIpc) is 2.64. The molecule has 0 radical (unpaired) electrons. The predicted molar refractivity (Wildman–Crippen MR) is 65.6 cm³/mol. The first kappa shape index (κ1) is 10.5. The average molecular weight is 232 g/mol. The highest BCUT2D eigenvalue weighted by molar-refractivity contribution is 5.77. The Kier molecular flexibility index (Phi) is 2.48. The quantitative estimate of drug-likeness (QED) is 0.813. The van der Waals surface area contributed by atoms with E-state index in [0.717, 1.165) is 30.5 Å². The van der Waals surface area contributed by atoms with E-state index < -0.39 is 0 Å². The Hall–Kier alpha value is -1.62. The molecule has 3 rings (SSSR count). The third-order valence-corrected chi connectivity index (χ3v) is 3.34. The number of nitrogens with two attached hydrogens (primary N) is 1. The SMILES string of the molecule is CC1CC(n2c(N)nc3cnccc32)CCO1. The number of nitrogen functional groups attached to an aromatic ring is 1. The second-order valence-corrected chi connectivity index (χ2v) is 4.56. The fraction of sp³-hybridized carbons (Fsp3) is 0.500. The van der Waals surface area contributed by atoms with Gasteiger partial charge >= 0.3 is 0 Å². The number of anilines is 1. The molecule has 0 aromatic carbocycles. The van der Waals surface area contributed by atoms with Crippen LogP contribution in [0.15, 0.2) is 18.5 Å². The predicted octanol–water partition coefficient (Wildman–Crippen LogP) is 1.75. The third kappa shape index (κ3) is 1.76. The van der Waals surface area contributed by atoms with Gasteiger partial charge in [0.2, 0.25) is 5.95 Å². The van der Waals surface area contributed by atoms with Crippen molar-refractivity contribution < 1.29 is 4.74 Å². The molecule has 0 amide bonds. The van der Waals surface area contributed by atoms with Crippen LogP contribution in [-0.4, -0.2) is 27.2 Å². The number of ether oxygens (including phenoxy) is 1. The van der Waals surface area contributed by atoms with Gasteiger partial charge in [-0.3, -0.25) is 4.98 Å². The first-order valence-electron chi connectivity index (χ1n) is 5.94. The summed E-state index contributed by atoms with van der Waals surface area (Å²) in [6.07, 6.45) is 5.79. The second kappa shape index (κ2) is 4.00. The van der Waals surface area contributed by atoms with Crippen LogP contribution in [0.5, 0.6) is 0 Å². The number of fused-ring (bicyclic) bond motifs is 1. The van der Waals surface area contributed by atoms with Crippen molar-refractivity contribution in [2.45, 2.75) is 31.9 Å². The lowest BCUT2D eigenvalue weighted by molar-refractivity contribution is 0.00713. The largest absolute Gasteiger partial charge is 0.378 e. The van der Waals surface area contributed by atoms with Crippen LogP contribution in [0.2, 0.25) is 0 Å². The van der Waals surface area contributed by atoms with Gasteiger partial charge in [0.25, 0.3) is 0 Å². The van der Waals surface area contributed by atoms with E-state index in [1.54, 1.807) is 12.4 Å². The standard InChI is InChI=1S/C12H16N4O/c1-8-6-9(3-5-17-8)16-11-2-4-14-7-10(11)15-12(16)13/h2,4,7-9H,3,5-6H2,1H3,(H2,13,15). The molecule has 1 fully saturated rings. The molecule has 5 nitrogen and oxygen atoms in total. The zero-order valence-corrected chi connectivity index (χ0v) is 9.84. The number of pyridine rings is 1. The van der Waals surface area contributed by atoms with Crippen molar-refractivity contribution in [2.24, 2.45) is 0 Å². The summed E-state index contributed by atoms with van der Waals surface area (Å²) in [5.74, 6) is 0.576. The fourth-order valence-electron chi connectivity index (χ4n) is 2.56. The van der Waals surface area contributed by atoms with Gasteiger partial charge in [0.1, 0.15) is 5.52 Å². The van der Waals surface area contributed by atoms with E-state index in [4.69, 9.17) is 10.5 Å². The summed E-state index contributed by atoms with van der Waals surface area (Å²) in [5.41, 5.74) is 7.94. The Morgan fingerprint density at radius 2 is 2.41 bits per heavy atom. The maximum Gasteiger partial charge on any atom is 0.201 e. The molecule has 0 spiro atoms. The van der Waals surface area contributed by atoms with Crippen molar-refractivity contribution in [3.05, 3.63) is 18.5 Å². The van der Waals surface area contributed by atoms with E-state index >= 15 is 0 Å². The van der Waals surface area contributed by atoms with Crippen LogP contribution >= 0.6 is 0 Å². The molecule has 1 saturated heterocycles. The lowest BCUT2D eigenvalue weighted by Gasteiger charge is -2.29. The zero-order valence-electron chi connectivity index (χ0n) is 9.84. The zero-order chi connectivity index (χ0) is 11.8. The molecule has 0 saturated carbocycles. The van der Waals surface area contributed by atoms with Gasteiger partial charge < -0.3 is 15.0 Å². The molecule has 2 unspecified atom stereocenters. The minimum Gasteiger partial charge on any atom is -0.378 e. The number of rotatable bonds is 1. The second-order valence-electron chi connectivity index (χ2n) is 4.56. The van der Waals surface area contributed by atoms with Crippen molar-refractivity contribution >= 4 is 17.0 Å². The summed E-state index contributed by atoms with van der Waals surface area (Å²) < 4.78 is 7.69. The van der Waals surface area contributed by atoms with Gasteiger partial charge in [0, 0.05) is 18.8 Å². The topological polar surface area (TPSA) is 66.0 Å². The lowest BCUT2D eigenvalue weighted by atomic mass is 10.0. The number of hydrogen-bond acceptors (Lipinski definition) is 4. The van der Waals surface area contributed by atoms with Gasteiger partial charge in [-0.2, -0.15) is 0 Å². The van der Waals surface area contributed by atoms with Crippen molar-refractivity contribution in [3.63, 3.8) is 0 Å². The van der Waals surface area contributed by atoms with Gasteiger partial charge in [-0.1, -0.05) is 0 Å². The fourth-order valence-corrected chi connectivity index (χ4v) is 2.56. The highest BCUT2D eigenvalue weighted by Gasteiger charge is 2.24. The molecule has 2 N–H and O–H groups in total. The van der Waals surface area contributed by atoms with Gasteiger partial charge in [0.05, 0.1) is 17.8 Å². The maximum atomic E-state index is 6.01. The molecule has 1 aliphatic rings. The van der Waals surface area contributed by atoms with Crippen LogP contribution in [0.25, 0.3) is 11.0 Å². The van der Waals surface area contributed by atoms with E-state index in [1.165, 1.54) is 0 Å². The summed E-state index contributed by atoms with van der Waals surface area (Å²) in [5, 5.41) is 0. The summed E-state index contributed by atoms with van der Waals surface area (Å²) in [6, 6.07) is 2.35. The Labute approximate surface area is 99.6 Å². The molecule has 3 heterocycles. The highest BCUT2D eigenvalue weighted by Crippen LogP contribution is 2.30. The van der Waals surface area contributed by atoms with Gasteiger partial charge in [0.15, 0.2) is 0 Å². The molecular weight excluding hydrogens is 216 g/mol. The molecule has 0 bridgehead atoms. The summed E-state index contributed by atoms with van der Waals surface area (Å²) in [7, 11) is 0. The van der Waals surface area contributed by atoms with Crippen molar-refractivity contribution in [1.29, 1.82) is 0 Å². The minimum atomic E-state index is 0.285. The van der Waals surface area contributed by atoms with E-state index in [-0.39, 0.29) is 6.10 Å². The van der Waals surface area contributed by atoms with Crippen molar-refractivity contribution in [2.75, 3.05) is 12.3 Å². The molecule has 2 aromatic rings. The molecule has 17 heavy (non-hydrogen) atoms. The minimum absolute atomic E-state index is 0.285. The number of imidazole rings is 1. The first-order valence-corrected chi connectivity index (χ1v) is 5.94. The van der Waals surface area contributed by atoms with Gasteiger partial charge in [-0.05, 0) is 25.8 Å². The number of nitrogens with zero attached hydrogens (tertiary/aromatic N) is 3. The molecule has 90 valence electrons. The molecular formula is C12H16N4O. The lowest BCUT2D eigenvalue weighted by Crippen LogP contribution is -2.26. The monoisotopic (exact) mass is 232 g/mol. The third-order valence-electron chi connectivity index (χ3n) is 3.34. The van der Waals surface area contributed by atoms with Crippen molar-refractivity contribution in [1.82, 2.24) is 14.5 Å². The van der Waals surface area contributed by atoms with Gasteiger partial charge in [-0.25, -0.2) is 4.98 Å². The summed E-state index contributed by atoms with van der Waals surface area (Å²) in [6.45, 7) is 2.89. The first-order chi connectivity index (χ1) is 8.25. The molecule has 2 atom stereocenters. The van der Waals surface area contributed by atoms with Crippen LogP contribution in [0.3, 0.4) is 0 Å². The molecule has 5 heteroatoms. The summed E-state index contributed by atoms with van der Waals surface area (Å²) in [4.78, 5) is 8.42. The Morgan fingerprint density at radius 3 is 3.24 bits per heavy atom. The Morgan fingerprint density at radius 1 is 1.53 bits per heavy atom. The molecule has 1 aliphatic heterocycles. The van der Waals surface area contributed by atoms with Crippen LogP contribution in [0.1, 0.15) is 25.8 Å². The highest BCUT2D eigenvalue weighted by atomic mass is 16.5. The van der Waals surface area contributed by atoms with Crippen molar-refractivity contribution in [3.8, 4) is 0 Å². The van der Waals surface area contributed by atoms with Crippen LogP contribution < -0.4 is 5.73 Å². The smallest absolute Gasteiger partial charge is 0.201 e. The number of aromatic nitrogens is 3.